The molecule has 3 aliphatic rings. The first-order valence-electron chi connectivity index (χ1n) is 9.44. The topological polar surface area (TPSA) is 18.5 Å². The maximum absolute atomic E-state index is 3.96. The van der Waals surface area contributed by atoms with E-state index < -0.39 is 0 Å². The van der Waals surface area contributed by atoms with E-state index in [1.54, 1.807) is 0 Å². The molecule has 1 saturated carbocycles. The third-order valence-corrected chi connectivity index (χ3v) is 6.09. The largest absolute Gasteiger partial charge is 0.312 e. The van der Waals surface area contributed by atoms with Crippen LogP contribution in [0.4, 0.5) is 0 Å². The normalized spacial score (nSPS) is 35.3. The van der Waals surface area contributed by atoms with Crippen molar-refractivity contribution in [1.82, 2.24) is 15.1 Å². The van der Waals surface area contributed by atoms with E-state index in [0.717, 1.165) is 23.9 Å². The molecular weight excluding hydrogens is 258 g/mol. The van der Waals surface area contributed by atoms with Gasteiger partial charge >= 0.3 is 0 Å². The average molecular weight is 293 g/mol. The molecule has 0 radical (unpaired) electrons. The van der Waals surface area contributed by atoms with Gasteiger partial charge in [-0.3, -0.25) is 0 Å². The quantitative estimate of drug-likeness (QED) is 0.840. The van der Waals surface area contributed by atoms with Gasteiger partial charge in [0.05, 0.1) is 0 Å². The predicted octanol–water partition coefficient (Wildman–Crippen LogP) is 2.57. The number of hydrogen-bond acceptors (Lipinski definition) is 3. The van der Waals surface area contributed by atoms with Gasteiger partial charge in [0, 0.05) is 38.3 Å². The molecular formula is C18H35N3. The molecule has 3 heteroatoms. The van der Waals surface area contributed by atoms with Crippen molar-refractivity contribution in [2.75, 3.05) is 39.3 Å². The van der Waals surface area contributed by atoms with Gasteiger partial charge in [-0.15, -0.1) is 0 Å². The second-order valence-corrected chi connectivity index (χ2v) is 7.88. The van der Waals surface area contributed by atoms with Crippen molar-refractivity contribution in [2.45, 2.75) is 64.5 Å². The minimum Gasteiger partial charge on any atom is -0.312 e. The number of likely N-dealkylation sites (tertiary alicyclic amines) is 2. The minimum absolute atomic E-state index is 0.724. The molecule has 0 aromatic heterocycles. The summed E-state index contributed by atoms with van der Waals surface area (Å²) in [6, 6.07) is 1.53. The Morgan fingerprint density at radius 3 is 2.24 bits per heavy atom. The predicted molar refractivity (Wildman–Crippen MR) is 89.6 cm³/mol. The smallest absolute Gasteiger partial charge is 0.0148 e. The van der Waals surface area contributed by atoms with Crippen LogP contribution in [0.1, 0.15) is 52.4 Å². The lowest BCUT2D eigenvalue weighted by atomic mass is 9.73. The summed E-state index contributed by atoms with van der Waals surface area (Å²) in [7, 11) is 0. The Hall–Kier alpha value is -0.120. The van der Waals surface area contributed by atoms with Crippen molar-refractivity contribution in [3.05, 3.63) is 0 Å². The summed E-state index contributed by atoms with van der Waals surface area (Å²) in [6.45, 7) is 12.5. The fraction of sp³-hybridized carbons (Fsp3) is 1.00. The fourth-order valence-corrected chi connectivity index (χ4v) is 4.80. The molecule has 0 amide bonds. The van der Waals surface area contributed by atoms with Crippen LogP contribution in [0.25, 0.3) is 0 Å². The van der Waals surface area contributed by atoms with Crippen molar-refractivity contribution >= 4 is 0 Å². The molecule has 2 atom stereocenters. The number of rotatable bonds is 5. The molecule has 122 valence electrons. The van der Waals surface area contributed by atoms with E-state index >= 15 is 0 Å². The second-order valence-electron chi connectivity index (χ2n) is 7.88. The van der Waals surface area contributed by atoms with E-state index in [0.29, 0.717) is 0 Å². The Morgan fingerprint density at radius 2 is 1.62 bits per heavy atom. The summed E-state index contributed by atoms with van der Waals surface area (Å²) in [6.07, 6.45) is 8.63. The molecule has 2 heterocycles. The molecule has 3 fully saturated rings. The fourth-order valence-electron chi connectivity index (χ4n) is 4.80. The standard InChI is InChI=1S/C18H35N3/c1-15(2)21-13-16-7-6-8-17(14-21)18(16)19-9-12-20-10-4-3-5-11-20/h15-19H,3-14H2,1-2H3. The van der Waals surface area contributed by atoms with Crippen molar-refractivity contribution in [2.24, 2.45) is 11.8 Å². The van der Waals surface area contributed by atoms with Crippen LogP contribution >= 0.6 is 0 Å². The maximum Gasteiger partial charge on any atom is 0.0148 e. The summed E-state index contributed by atoms with van der Waals surface area (Å²) in [5.74, 6) is 1.81. The zero-order valence-electron chi connectivity index (χ0n) is 14.2. The Labute approximate surface area is 131 Å². The van der Waals surface area contributed by atoms with Crippen LogP contribution in [0.5, 0.6) is 0 Å². The van der Waals surface area contributed by atoms with Gasteiger partial charge in [-0.2, -0.15) is 0 Å². The third-order valence-electron chi connectivity index (χ3n) is 6.09. The molecule has 2 aliphatic heterocycles. The highest BCUT2D eigenvalue weighted by molar-refractivity contribution is 4.95. The van der Waals surface area contributed by atoms with Gasteiger partial charge in [0.2, 0.25) is 0 Å². The molecule has 3 rings (SSSR count). The summed E-state index contributed by atoms with van der Waals surface area (Å²) in [5.41, 5.74) is 0. The molecule has 2 saturated heterocycles. The minimum atomic E-state index is 0.724. The lowest BCUT2D eigenvalue weighted by molar-refractivity contribution is 0.0286. The Balaban J connectivity index is 1.46. The lowest BCUT2D eigenvalue weighted by Crippen LogP contribution is -2.59. The van der Waals surface area contributed by atoms with Gasteiger partial charge in [0.15, 0.2) is 0 Å². The molecule has 2 bridgehead atoms. The summed E-state index contributed by atoms with van der Waals surface area (Å²) < 4.78 is 0. The van der Waals surface area contributed by atoms with Gasteiger partial charge < -0.3 is 15.1 Å². The highest BCUT2D eigenvalue weighted by Gasteiger charge is 2.39. The third kappa shape index (κ3) is 4.00. The van der Waals surface area contributed by atoms with E-state index in [1.807, 2.05) is 0 Å². The van der Waals surface area contributed by atoms with Crippen molar-refractivity contribution in [3.8, 4) is 0 Å². The number of nitrogens with zero attached hydrogens (tertiary/aromatic N) is 2. The van der Waals surface area contributed by atoms with Gasteiger partial charge in [-0.05, 0) is 64.5 Å². The van der Waals surface area contributed by atoms with Crippen LogP contribution in [0.15, 0.2) is 0 Å². The number of nitrogens with one attached hydrogen (secondary N) is 1. The molecule has 21 heavy (non-hydrogen) atoms. The van der Waals surface area contributed by atoms with Crippen molar-refractivity contribution in [1.29, 1.82) is 0 Å². The molecule has 2 unspecified atom stereocenters. The molecule has 0 aromatic rings. The first-order chi connectivity index (χ1) is 10.2. The van der Waals surface area contributed by atoms with E-state index in [4.69, 9.17) is 0 Å². The highest BCUT2D eigenvalue weighted by Crippen LogP contribution is 2.35. The van der Waals surface area contributed by atoms with E-state index in [1.165, 1.54) is 77.8 Å². The van der Waals surface area contributed by atoms with E-state index in [9.17, 15) is 0 Å². The molecule has 0 aromatic carbocycles. The van der Waals surface area contributed by atoms with Gasteiger partial charge in [-0.1, -0.05) is 12.8 Å². The summed E-state index contributed by atoms with van der Waals surface area (Å²) in [5, 5.41) is 3.96. The van der Waals surface area contributed by atoms with Crippen LogP contribution in [0, 0.1) is 11.8 Å². The number of piperidine rings is 2. The Bertz CT molecular complexity index is 298. The van der Waals surface area contributed by atoms with Crippen LogP contribution in [-0.2, 0) is 0 Å². The Kier molecular flexibility index (Phi) is 5.58. The van der Waals surface area contributed by atoms with Crippen LogP contribution in [0.2, 0.25) is 0 Å². The first kappa shape index (κ1) is 15.8. The van der Waals surface area contributed by atoms with Crippen LogP contribution in [-0.4, -0.2) is 61.2 Å². The van der Waals surface area contributed by atoms with Crippen molar-refractivity contribution < 1.29 is 0 Å². The van der Waals surface area contributed by atoms with E-state index in [-0.39, 0.29) is 0 Å². The molecule has 3 nitrogen and oxygen atoms in total. The molecule has 1 aliphatic carbocycles. The highest BCUT2D eigenvalue weighted by atomic mass is 15.2. The summed E-state index contributed by atoms with van der Waals surface area (Å²) in [4.78, 5) is 5.38. The monoisotopic (exact) mass is 293 g/mol. The van der Waals surface area contributed by atoms with Crippen molar-refractivity contribution in [3.63, 3.8) is 0 Å². The lowest BCUT2D eigenvalue weighted by Gasteiger charge is -2.49. The van der Waals surface area contributed by atoms with Crippen LogP contribution < -0.4 is 5.32 Å². The average Bonchev–Trinajstić information content (AvgIpc) is 2.47. The van der Waals surface area contributed by atoms with E-state index in [2.05, 4.69) is 29.0 Å². The molecule has 1 N–H and O–H groups in total. The zero-order chi connectivity index (χ0) is 14.7. The Morgan fingerprint density at radius 1 is 0.952 bits per heavy atom. The second kappa shape index (κ2) is 7.43. The SMILES string of the molecule is CC(C)N1CC2CCCC(C1)C2NCCN1CCCCC1. The number of hydrogen-bond donors (Lipinski definition) is 1. The zero-order valence-corrected chi connectivity index (χ0v) is 14.2. The van der Waals surface area contributed by atoms with Crippen LogP contribution in [0.3, 0.4) is 0 Å². The van der Waals surface area contributed by atoms with Gasteiger partial charge in [0.1, 0.15) is 0 Å². The number of fused-ring (bicyclic) bond motifs is 2. The van der Waals surface area contributed by atoms with Gasteiger partial charge in [-0.25, -0.2) is 0 Å². The maximum atomic E-state index is 3.96. The molecule has 0 spiro atoms. The van der Waals surface area contributed by atoms with Gasteiger partial charge in [0.25, 0.3) is 0 Å². The first-order valence-corrected chi connectivity index (χ1v) is 9.44. The summed E-state index contributed by atoms with van der Waals surface area (Å²) >= 11 is 0.